The number of nitrogens with zero attached hydrogens (tertiary/aromatic N) is 3. The number of carbonyl (C=O) groups is 1. The number of anilines is 1. The van der Waals surface area contributed by atoms with Gasteiger partial charge >= 0.3 is 5.72 Å². The Labute approximate surface area is 180 Å². The number of benzene rings is 3. The lowest BCUT2D eigenvalue weighted by molar-refractivity contribution is -0.163. The van der Waals surface area contributed by atoms with Crippen LogP contribution in [0.15, 0.2) is 77.9 Å². The maximum atomic E-state index is 13.7. The van der Waals surface area contributed by atoms with Gasteiger partial charge in [-0.25, -0.2) is 5.01 Å². The molecule has 6 nitrogen and oxygen atoms in total. The Morgan fingerprint density at radius 2 is 1.77 bits per heavy atom. The van der Waals surface area contributed by atoms with E-state index in [9.17, 15) is 4.79 Å². The summed E-state index contributed by atoms with van der Waals surface area (Å²) in [5.41, 5.74) is 3.33. The van der Waals surface area contributed by atoms with Gasteiger partial charge in [0, 0.05) is 19.0 Å². The minimum absolute atomic E-state index is 0.0921. The Morgan fingerprint density at radius 1 is 1.03 bits per heavy atom. The third kappa shape index (κ3) is 2.33. The number of hydrazone groups is 1. The van der Waals surface area contributed by atoms with Crippen LogP contribution >= 0.6 is 0 Å². The average Bonchev–Trinajstić information content (AvgIpc) is 3.36. The lowest BCUT2D eigenvalue weighted by atomic mass is 9.92. The zero-order chi connectivity index (χ0) is 21.2. The van der Waals surface area contributed by atoms with Crippen molar-refractivity contribution in [2.75, 3.05) is 19.1 Å². The molecule has 0 fully saturated rings. The van der Waals surface area contributed by atoms with Crippen molar-refractivity contribution in [3.8, 4) is 11.5 Å². The van der Waals surface area contributed by atoms with E-state index in [1.54, 1.807) is 19.1 Å². The Hall–Kier alpha value is -3.80. The molecule has 0 aromatic heterocycles. The molecular weight excluding hydrogens is 390 g/mol. The maximum Gasteiger partial charge on any atom is 0.306 e. The third-order valence-corrected chi connectivity index (χ3v) is 6.42. The number of fused-ring (bicyclic) bond motifs is 6. The largest absolute Gasteiger partial charge is 0.497 e. The molecule has 3 aromatic carbocycles. The van der Waals surface area contributed by atoms with Crippen molar-refractivity contribution in [3.05, 3.63) is 89.5 Å². The molecule has 0 saturated carbocycles. The van der Waals surface area contributed by atoms with Crippen LogP contribution in [0, 0.1) is 0 Å². The Balaban J connectivity index is 1.55. The molecule has 3 aliphatic heterocycles. The summed E-state index contributed by atoms with van der Waals surface area (Å²) in [6.45, 7) is 0. The molecule has 2 atom stereocenters. The lowest BCUT2D eigenvalue weighted by Crippen LogP contribution is -2.56. The number of amides is 1. The summed E-state index contributed by atoms with van der Waals surface area (Å²) in [5.74, 6) is 1.40. The van der Waals surface area contributed by atoms with E-state index < -0.39 is 5.72 Å². The fraction of sp³-hybridized carbons (Fsp3) is 0.200. The molecule has 1 spiro atoms. The summed E-state index contributed by atoms with van der Waals surface area (Å²) >= 11 is 0. The molecule has 6 heteroatoms. The molecule has 3 aromatic rings. The van der Waals surface area contributed by atoms with Crippen molar-refractivity contribution in [1.82, 2.24) is 5.01 Å². The molecule has 0 bridgehead atoms. The van der Waals surface area contributed by atoms with Crippen LogP contribution in [-0.4, -0.2) is 30.8 Å². The summed E-state index contributed by atoms with van der Waals surface area (Å²) in [5, 5.41) is 6.86. The molecular formula is C25H21N3O3. The number of carbonyl (C=O) groups excluding carboxylic acids is 1. The summed E-state index contributed by atoms with van der Waals surface area (Å²) in [4.78, 5) is 15.4. The van der Waals surface area contributed by atoms with Crippen LogP contribution in [-0.2, 0) is 10.5 Å². The second kappa shape index (κ2) is 6.35. The Morgan fingerprint density at radius 3 is 2.58 bits per heavy atom. The minimum atomic E-state index is -1.31. The third-order valence-electron chi connectivity index (χ3n) is 6.42. The first-order valence-electron chi connectivity index (χ1n) is 10.3. The van der Waals surface area contributed by atoms with E-state index in [4.69, 9.17) is 14.6 Å². The molecule has 1 amide bonds. The SMILES string of the molecule is COc1ccc(C2=NN3[C@@H](C2)c2ccccc2O[C@@]32C(=O)N(C)c3ccccc32)cc1. The number of rotatable bonds is 2. The van der Waals surface area contributed by atoms with E-state index in [1.165, 1.54) is 0 Å². The first-order chi connectivity index (χ1) is 15.1. The van der Waals surface area contributed by atoms with Gasteiger partial charge in [-0.3, -0.25) is 4.79 Å². The maximum absolute atomic E-state index is 13.7. The van der Waals surface area contributed by atoms with E-state index in [2.05, 4.69) is 6.07 Å². The first kappa shape index (κ1) is 18.0. The van der Waals surface area contributed by atoms with Crippen LogP contribution in [0.1, 0.15) is 29.2 Å². The first-order valence-corrected chi connectivity index (χ1v) is 10.3. The monoisotopic (exact) mass is 411 g/mol. The summed E-state index contributed by atoms with van der Waals surface area (Å²) in [6, 6.07) is 23.5. The molecule has 0 N–H and O–H groups in total. The Bertz CT molecular complexity index is 1240. The van der Waals surface area contributed by atoms with Crippen LogP contribution in [0.25, 0.3) is 0 Å². The van der Waals surface area contributed by atoms with Gasteiger partial charge in [-0.1, -0.05) is 36.4 Å². The lowest BCUT2D eigenvalue weighted by Gasteiger charge is -2.44. The van der Waals surface area contributed by atoms with Crippen LogP contribution in [0.5, 0.6) is 11.5 Å². The molecule has 0 unspecified atom stereocenters. The Kier molecular flexibility index (Phi) is 3.69. The number of hydrogen-bond donors (Lipinski definition) is 0. The fourth-order valence-electron chi connectivity index (χ4n) is 4.88. The molecule has 0 saturated heterocycles. The fourth-order valence-corrected chi connectivity index (χ4v) is 4.88. The minimum Gasteiger partial charge on any atom is -0.497 e. The van der Waals surface area contributed by atoms with E-state index in [0.29, 0.717) is 6.42 Å². The highest BCUT2D eigenvalue weighted by Crippen LogP contribution is 2.55. The van der Waals surface area contributed by atoms with Gasteiger partial charge in [-0.15, -0.1) is 0 Å². The number of methoxy groups -OCH3 is 1. The van der Waals surface area contributed by atoms with E-state index >= 15 is 0 Å². The second-order valence-corrected chi connectivity index (χ2v) is 8.00. The zero-order valence-electron chi connectivity index (χ0n) is 17.3. The highest BCUT2D eigenvalue weighted by molar-refractivity contribution is 6.08. The van der Waals surface area contributed by atoms with Crippen molar-refractivity contribution in [2.24, 2.45) is 5.10 Å². The van der Waals surface area contributed by atoms with Gasteiger partial charge in [0.1, 0.15) is 11.5 Å². The van der Waals surface area contributed by atoms with Gasteiger partial charge < -0.3 is 14.4 Å². The van der Waals surface area contributed by atoms with Crippen LogP contribution < -0.4 is 14.4 Å². The molecule has 3 aliphatic rings. The highest BCUT2D eigenvalue weighted by atomic mass is 16.5. The van der Waals surface area contributed by atoms with Crippen molar-refractivity contribution >= 4 is 17.3 Å². The predicted molar refractivity (Wildman–Crippen MR) is 117 cm³/mol. The summed E-state index contributed by atoms with van der Waals surface area (Å²) < 4.78 is 11.8. The smallest absolute Gasteiger partial charge is 0.306 e. The number of ether oxygens (including phenoxy) is 2. The standard InChI is InChI=1S/C25H21N3O3/c1-27-21-9-5-4-8-19(21)25(24(27)29)28-22(18-7-3-6-10-23(18)31-25)15-20(26-28)16-11-13-17(30-2)14-12-16/h3-14,22H,15H2,1-2H3/t22-,25-/m0/s1. The molecule has 3 heterocycles. The predicted octanol–water partition coefficient (Wildman–Crippen LogP) is 4.07. The van der Waals surface area contributed by atoms with Crippen molar-refractivity contribution in [1.29, 1.82) is 0 Å². The van der Waals surface area contributed by atoms with E-state index in [-0.39, 0.29) is 11.9 Å². The van der Waals surface area contributed by atoms with E-state index in [1.807, 2.05) is 71.7 Å². The van der Waals surface area contributed by atoms with Crippen molar-refractivity contribution in [2.45, 2.75) is 18.2 Å². The number of likely N-dealkylation sites (N-methyl/N-ethyl adjacent to an activating group) is 1. The molecule has 0 aliphatic carbocycles. The molecule has 0 radical (unpaired) electrons. The normalized spacial score (nSPS) is 23.2. The van der Waals surface area contributed by atoms with Gasteiger partial charge in [0.15, 0.2) is 0 Å². The molecule has 6 rings (SSSR count). The summed E-state index contributed by atoms with van der Waals surface area (Å²) in [6.07, 6.45) is 0.688. The van der Waals surface area contributed by atoms with E-state index in [0.717, 1.165) is 39.6 Å². The highest BCUT2D eigenvalue weighted by Gasteiger charge is 2.62. The van der Waals surface area contributed by atoms with Gasteiger partial charge in [0.2, 0.25) is 0 Å². The van der Waals surface area contributed by atoms with Gasteiger partial charge in [-0.05, 0) is 42.0 Å². The average molecular weight is 411 g/mol. The van der Waals surface area contributed by atoms with Crippen molar-refractivity contribution in [3.63, 3.8) is 0 Å². The molecule has 31 heavy (non-hydrogen) atoms. The zero-order valence-corrected chi connectivity index (χ0v) is 17.3. The van der Waals surface area contributed by atoms with Gasteiger partial charge in [0.25, 0.3) is 5.91 Å². The number of hydrogen-bond acceptors (Lipinski definition) is 5. The van der Waals surface area contributed by atoms with Crippen LogP contribution in [0.4, 0.5) is 5.69 Å². The molecule has 154 valence electrons. The quantitative estimate of drug-likeness (QED) is 0.638. The number of para-hydroxylation sites is 2. The van der Waals surface area contributed by atoms with Crippen molar-refractivity contribution < 1.29 is 14.3 Å². The topological polar surface area (TPSA) is 54.4 Å². The second-order valence-electron chi connectivity index (χ2n) is 8.00. The van der Waals surface area contributed by atoms with Crippen LogP contribution in [0.3, 0.4) is 0 Å². The van der Waals surface area contributed by atoms with Gasteiger partial charge in [-0.2, -0.15) is 5.10 Å². The van der Waals surface area contributed by atoms with Crippen LogP contribution in [0.2, 0.25) is 0 Å². The van der Waals surface area contributed by atoms with Gasteiger partial charge in [0.05, 0.1) is 30.1 Å². The summed E-state index contributed by atoms with van der Waals surface area (Å²) in [7, 11) is 3.44.